The Bertz CT molecular complexity index is 1190. The number of benzene rings is 2. The molecule has 2 heterocycles. The number of nitrogens with one attached hydrogen (secondary N) is 3. The Morgan fingerprint density at radius 1 is 1.30 bits per heavy atom. The zero-order chi connectivity index (χ0) is 24.0. The fraction of sp³-hybridized carbons (Fsp3) is 0.286. The van der Waals surface area contributed by atoms with Crippen molar-refractivity contribution in [1.29, 1.82) is 0 Å². The molecule has 2 amide bonds. The Hall–Kier alpha value is -3.09. The molecule has 8 nitrogen and oxygen atoms in total. The van der Waals surface area contributed by atoms with Crippen molar-refractivity contribution in [3.8, 4) is 0 Å². The van der Waals surface area contributed by atoms with Gasteiger partial charge in [-0.1, -0.05) is 24.3 Å². The van der Waals surface area contributed by atoms with E-state index in [2.05, 4.69) is 15.3 Å². The molecule has 0 spiro atoms. The van der Waals surface area contributed by atoms with Gasteiger partial charge < -0.3 is 10.3 Å². The fourth-order valence-electron chi connectivity index (χ4n) is 3.68. The molecule has 1 saturated heterocycles. The number of nitrogens with zero attached hydrogens (tertiary/aromatic N) is 1. The lowest BCUT2D eigenvalue weighted by Gasteiger charge is -2.33. The zero-order valence-electron chi connectivity index (χ0n) is 17.3. The number of rotatable bonds is 6. The highest BCUT2D eigenvalue weighted by Crippen LogP contribution is 2.56. The van der Waals surface area contributed by atoms with E-state index in [0.717, 1.165) is 6.07 Å². The van der Waals surface area contributed by atoms with Gasteiger partial charge >= 0.3 is 5.92 Å². The Morgan fingerprint density at radius 2 is 2.03 bits per heavy atom. The monoisotopic (exact) mass is 482 g/mol. The second-order valence-corrected chi connectivity index (χ2v) is 9.88. The molecule has 1 fully saturated rings. The highest BCUT2D eigenvalue weighted by molar-refractivity contribution is 8.23. The fourth-order valence-corrected chi connectivity index (χ4v) is 5.17. The maximum atomic E-state index is 14.9. The Balaban J connectivity index is 1.64. The van der Waals surface area contributed by atoms with Gasteiger partial charge in [-0.25, -0.2) is 9.37 Å². The van der Waals surface area contributed by atoms with Crippen LogP contribution in [0, 0.1) is 5.82 Å². The van der Waals surface area contributed by atoms with Gasteiger partial charge in [-0.3, -0.25) is 23.4 Å². The van der Waals surface area contributed by atoms with Gasteiger partial charge in [0.1, 0.15) is 16.9 Å². The molecule has 2 atom stereocenters. The molecule has 0 aliphatic carbocycles. The Kier molecular flexibility index (Phi) is 5.85. The molecule has 176 valence electrons. The van der Waals surface area contributed by atoms with Crippen LogP contribution < -0.4 is 10.0 Å². The summed E-state index contributed by atoms with van der Waals surface area (Å²) in [7, 11) is -3.53. The predicted octanol–water partition coefficient (Wildman–Crippen LogP) is 3.98. The van der Waals surface area contributed by atoms with Crippen molar-refractivity contribution >= 4 is 33.6 Å². The first-order chi connectivity index (χ1) is 15.4. The van der Waals surface area contributed by atoms with Crippen LogP contribution in [-0.2, 0) is 16.0 Å². The summed E-state index contributed by atoms with van der Waals surface area (Å²) in [6.45, 7) is 0.474. The van der Waals surface area contributed by atoms with Gasteiger partial charge in [0.05, 0.1) is 23.5 Å². The number of amides is 2. The van der Waals surface area contributed by atoms with Crippen molar-refractivity contribution in [3.05, 3.63) is 65.2 Å². The van der Waals surface area contributed by atoms with Crippen LogP contribution in [0.4, 0.5) is 13.2 Å². The summed E-state index contributed by atoms with van der Waals surface area (Å²) in [5.41, 5.74) is 1.50. The molecule has 2 aromatic carbocycles. The number of hydrogen-bond acceptors (Lipinski definition) is 5. The molecule has 1 aliphatic rings. The average Bonchev–Trinajstić information content (AvgIpc) is 3.26. The van der Waals surface area contributed by atoms with E-state index in [4.69, 9.17) is 0 Å². The lowest BCUT2D eigenvalue weighted by Crippen LogP contribution is -2.41. The van der Waals surface area contributed by atoms with Crippen molar-refractivity contribution in [3.63, 3.8) is 0 Å². The number of hydrogen-bond donors (Lipinski definition) is 5. The van der Waals surface area contributed by atoms with Gasteiger partial charge in [0.2, 0.25) is 5.91 Å². The maximum absolute atomic E-state index is 14.9. The largest absolute Gasteiger partial charge is 0.341 e. The van der Waals surface area contributed by atoms with Crippen LogP contribution in [0.3, 0.4) is 0 Å². The minimum atomic E-state index is -3.63. The first-order valence-corrected chi connectivity index (χ1v) is 11.5. The number of carbonyl (C=O) groups is 2. The normalized spacial score (nSPS) is 19.8. The van der Waals surface area contributed by atoms with Gasteiger partial charge in [0.15, 0.2) is 0 Å². The Labute approximate surface area is 188 Å². The van der Waals surface area contributed by atoms with Gasteiger partial charge in [-0.2, -0.15) is 8.78 Å². The lowest BCUT2D eigenvalue weighted by atomic mass is 10.0. The lowest BCUT2D eigenvalue weighted by molar-refractivity contribution is -0.143. The van der Waals surface area contributed by atoms with E-state index in [0.29, 0.717) is 23.5 Å². The number of imidazole rings is 1. The number of fused-ring (bicyclic) bond motifs is 1. The predicted molar refractivity (Wildman–Crippen MR) is 116 cm³/mol. The number of carbonyl (C=O) groups excluding carboxylic acids is 2. The minimum Gasteiger partial charge on any atom is -0.341 e. The number of aromatic amines is 1. The SMILES string of the molecule is CC(F)(F)C(=O)NC(Cc1ccc(C2CC(=O)NS2(O)O)c(F)c1)c1nc2ccccc2[nH]1. The number of aromatic nitrogens is 2. The summed E-state index contributed by atoms with van der Waals surface area (Å²) in [5.74, 6) is -6.30. The first kappa shape index (κ1) is 23.1. The van der Waals surface area contributed by atoms with Crippen LogP contribution in [-0.4, -0.2) is 36.8 Å². The molecule has 3 aromatic rings. The third-order valence-electron chi connectivity index (χ3n) is 5.32. The first-order valence-electron chi connectivity index (χ1n) is 9.93. The van der Waals surface area contributed by atoms with Crippen LogP contribution in [0.2, 0.25) is 0 Å². The molecule has 1 aliphatic heterocycles. The van der Waals surface area contributed by atoms with Crippen molar-refractivity contribution < 1.29 is 31.9 Å². The summed E-state index contributed by atoms with van der Waals surface area (Å²) < 4.78 is 64.0. The third kappa shape index (κ3) is 4.82. The topological polar surface area (TPSA) is 127 Å². The van der Waals surface area contributed by atoms with Crippen molar-refractivity contribution in [2.24, 2.45) is 0 Å². The van der Waals surface area contributed by atoms with Crippen LogP contribution in [0.5, 0.6) is 0 Å². The van der Waals surface area contributed by atoms with Crippen molar-refractivity contribution in [2.45, 2.75) is 37.0 Å². The molecule has 1 aromatic heterocycles. The summed E-state index contributed by atoms with van der Waals surface area (Å²) in [5, 5.41) is 1.12. The van der Waals surface area contributed by atoms with E-state index in [1.54, 1.807) is 24.3 Å². The van der Waals surface area contributed by atoms with E-state index in [9.17, 15) is 31.9 Å². The van der Waals surface area contributed by atoms with E-state index >= 15 is 0 Å². The summed E-state index contributed by atoms with van der Waals surface area (Å²) in [4.78, 5) is 30.9. The molecule has 33 heavy (non-hydrogen) atoms. The summed E-state index contributed by atoms with van der Waals surface area (Å²) >= 11 is 0. The van der Waals surface area contributed by atoms with Crippen molar-refractivity contribution in [1.82, 2.24) is 20.0 Å². The van der Waals surface area contributed by atoms with E-state index in [1.165, 1.54) is 12.1 Å². The highest BCUT2D eigenvalue weighted by atomic mass is 32.3. The van der Waals surface area contributed by atoms with E-state index in [-0.39, 0.29) is 24.2 Å². The zero-order valence-corrected chi connectivity index (χ0v) is 18.1. The van der Waals surface area contributed by atoms with Crippen LogP contribution in [0.15, 0.2) is 42.5 Å². The molecule has 4 rings (SSSR count). The second-order valence-electron chi connectivity index (χ2n) is 7.92. The van der Waals surface area contributed by atoms with Crippen molar-refractivity contribution in [2.75, 3.05) is 0 Å². The molecule has 0 bridgehead atoms. The molecule has 12 heteroatoms. The number of alkyl halides is 2. The van der Waals surface area contributed by atoms with Crippen LogP contribution in [0.1, 0.15) is 41.6 Å². The van der Waals surface area contributed by atoms with Gasteiger partial charge in [0.25, 0.3) is 5.91 Å². The Morgan fingerprint density at radius 3 is 2.64 bits per heavy atom. The van der Waals surface area contributed by atoms with Crippen LogP contribution in [0.25, 0.3) is 11.0 Å². The molecule has 0 radical (unpaired) electrons. The second kappa shape index (κ2) is 8.36. The third-order valence-corrected chi connectivity index (χ3v) is 7.07. The molecular weight excluding hydrogens is 461 g/mol. The number of halogens is 3. The van der Waals surface area contributed by atoms with E-state index in [1.807, 2.05) is 4.72 Å². The maximum Gasteiger partial charge on any atom is 0.321 e. The summed E-state index contributed by atoms with van der Waals surface area (Å²) in [6.07, 6.45) is -0.348. The smallest absolute Gasteiger partial charge is 0.321 e. The van der Waals surface area contributed by atoms with Gasteiger partial charge in [0, 0.05) is 12.5 Å². The highest BCUT2D eigenvalue weighted by Gasteiger charge is 2.39. The summed E-state index contributed by atoms with van der Waals surface area (Å²) in [6, 6.07) is 9.85. The molecule has 0 saturated carbocycles. The molecule has 5 N–H and O–H groups in total. The average molecular weight is 482 g/mol. The van der Waals surface area contributed by atoms with Gasteiger partial charge in [-0.15, -0.1) is 10.8 Å². The minimum absolute atomic E-state index is 0.0542. The number of para-hydroxylation sites is 2. The van der Waals surface area contributed by atoms with Gasteiger partial charge in [-0.05, 0) is 30.2 Å². The van der Waals surface area contributed by atoms with Crippen LogP contribution >= 0.6 is 10.8 Å². The molecule has 2 unspecified atom stereocenters. The molecular formula is C21H21F3N4O4S. The number of H-pyrrole nitrogens is 1. The quantitative estimate of drug-likeness (QED) is 0.363. The standard InChI is InChI=1S/C21H21F3N4O4S/c1-21(23,24)20(30)27-16(19-25-14-4-2-3-5-15(14)26-19)9-11-6-7-12(13(22)8-11)17-10-18(29)28-33(17,31)32/h2-8,16-17,31-32H,9-10H2,1H3,(H,25,26)(H,27,30)(H,28,29). The van der Waals surface area contributed by atoms with E-state index < -0.39 is 45.6 Å².